The first kappa shape index (κ1) is 14.8. The number of anilines is 1. The zero-order valence-corrected chi connectivity index (χ0v) is 12.2. The number of amides is 1. The van der Waals surface area contributed by atoms with Crippen LogP contribution in [0.2, 0.25) is 0 Å². The van der Waals surface area contributed by atoms with E-state index in [1.807, 2.05) is 24.3 Å². The first-order chi connectivity index (χ1) is 10.2. The summed E-state index contributed by atoms with van der Waals surface area (Å²) in [6.45, 7) is 0.573. The normalized spacial score (nSPS) is 10.0. The van der Waals surface area contributed by atoms with Crippen molar-refractivity contribution in [2.45, 2.75) is 6.42 Å². The molecule has 1 aromatic carbocycles. The zero-order chi connectivity index (χ0) is 15.1. The van der Waals surface area contributed by atoms with Gasteiger partial charge in [0, 0.05) is 19.8 Å². The summed E-state index contributed by atoms with van der Waals surface area (Å²) >= 11 is 0. The molecule has 110 valence electrons. The number of methoxy groups -OCH3 is 1. The Bertz CT molecular complexity index is 597. The lowest BCUT2D eigenvalue weighted by Crippen LogP contribution is -2.26. The van der Waals surface area contributed by atoms with E-state index >= 15 is 0 Å². The van der Waals surface area contributed by atoms with E-state index < -0.39 is 0 Å². The van der Waals surface area contributed by atoms with Gasteiger partial charge in [0.15, 0.2) is 0 Å². The van der Waals surface area contributed by atoms with Crippen LogP contribution in [-0.4, -0.2) is 31.6 Å². The first-order valence-corrected chi connectivity index (χ1v) is 6.78. The first-order valence-electron chi connectivity index (χ1n) is 6.78. The highest BCUT2D eigenvalue weighted by Gasteiger charge is 2.10. The number of nitrogens with one attached hydrogen (secondary N) is 2. The number of nitrogens with zero attached hydrogens (tertiary/aromatic N) is 1. The number of pyridine rings is 1. The quantitative estimate of drug-likeness (QED) is 0.853. The number of rotatable bonds is 6. The van der Waals surface area contributed by atoms with Gasteiger partial charge in [-0.2, -0.15) is 0 Å². The molecule has 21 heavy (non-hydrogen) atoms. The molecule has 0 saturated heterocycles. The Morgan fingerprint density at radius 1 is 1.24 bits per heavy atom. The fourth-order valence-corrected chi connectivity index (χ4v) is 2.00. The van der Waals surface area contributed by atoms with E-state index in [0.717, 1.165) is 17.7 Å². The lowest BCUT2D eigenvalue weighted by Gasteiger charge is -2.09. The molecule has 2 N–H and O–H groups in total. The third-order valence-corrected chi connectivity index (χ3v) is 3.15. The van der Waals surface area contributed by atoms with Gasteiger partial charge in [0.25, 0.3) is 5.91 Å². The molecule has 0 aliphatic carbocycles. The third kappa shape index (κ3) is 3.95. The molecule has 5 nitrogen and oxygen atoms in total. The molecule has 0 spiro atoms. The average Bonchev–Trinajstić information content (AvgIpc) is 2.55. The molecular formula is C16H19N3O2. The summed E-state index contributed by atoms with van der Waals surface area (Å²) in [4.78, 5) is 16.2. The smallest absolute Gasteiger partial charge is 0.255 e. The number of hydrogen-bond acceptors (Lipinski definition) is 4. The molecule has 0 saturated carbocycles. The Hall–Kier alpha value is -2.56. The summed E-state index contributed by atoms with van der Waals surface area (Å²) in [5, 5.41) is 5.81. The molecule has 2 aromatic rings. The van der Waals surface area contributed by atoms with E-state index in [4.69, 9.17) is 4.74 Å². The van der Waals surface area contributed by atoms with Crippen LogP contribution >= 0.6 is 0 Å². The highest BCUT2D eigenvalue weighted by atomic mass is 16.5. The second kappa shape index (κ2) is 7.28. The fraction of sp³-hybridized carbons (Fsp3) is 0.250. The van der Waals surface area contributed by atoms with Crippen molar-refractivity contribution in [2.75, 3.05) is 26.0 Å². The Balaban J connectivity index is 1.89. The maximum absolute atomic E-state index is 12.1. The molecule has 0 unspecified atom stereocenters. The van der Waals surface area contributed by atoms with E-state index in [9.17, 15) is 4.79 Å². The standard InChI is InChI=1S/C16H19N3O2/c1-17-15-14(4-3-10-18-15)16(20)19-11-9-12-5-7-13(21-2)8-6-12/h3-8,10H,9,11H2,1-2H3,(H,17,18)(H,19,20). The van der Waals surface area contributed by atoms with Crippen LogP contribution < -0.4 is 15.4 Å². The lowest BCUT2D eigenvalue weighted by atomic mass is 10.1. The Labute approximate surface area is 124 Å². The van der Waals surface area contributed by atoms with Crippen molar-refractivity contribution in [3.05, 3.63) is 53.7 Å². The molecule has 1 aromatic heterocycles. The highest BCUT2D eigenvalue weighted by Crippen LogP contribution is 2.12. The van der Waals surface area contributed by atoms with Crippen LogP contribution in [0.1, 0.15) is 15.9 Å². The van der Waals surface area contributed by atoms with Crippen molar-refractivity contribution in [2.24, 2.45) is 0 Å². The van der Waals surface area contributed by atoms with Gasteiger partial charge >= 0.3 is 0 Å². The molecule has 0 bridgehead atoms. The van der Waals surface area contributed by atoms with Gasteiger partial charge in [0.1, 0.15) is 11.6 Å². The molecule has 0 radical (unpaired) electrons. The summed E-state index contributed by atoms with van der Waals surface area (Å²) < 4.78 is 5.11. The van der Waals surface area contributed by atoms with E-state index in [-0.39, 0.29) is 5.91 Å². The van der Waals surface area contributed by atoms with Crippen molar-refractivity contribution < 1.29 is 9.53 Å². The van der Waals surface area contributed by atoms with Crippen molar-refractivity contribution in [3.63, 3.8) is 0 Å². The summed E-state index contributed by atoms with van der Waals surface area (Å²) in [6, 6.07) is 11.3. The number of aromatic nitrogens is 1. The predicted octanol–water partition coefficient (Wildman–Crippen LogP) is 2.10. The van der Waals surface area contributed by atoms with E-state index in [0.29, 0.717) is 17.9 Å². The SMILES string of the molecule is CNc1ncccc1C(=O)NCCc1ccc(OC)cc1. The summed E-state index contributed by atoms with van der Waals surface area (Å²) in [6.07, 6.45) is 2.42. The van der Waals surface area contributed by atoms with Crippen molar-refractivity contribution in [3.8, 4) is 5.75 Å². The molecule has 0 atom stereocenters. The third-order valence-electron chi connectivity index (χ3n) is 3.15. The van der Waals surface area contributed by atoms with Crippen LogP contribution in [0.25, 0.3) is 0 Å². The predicted molar refractivity (Wildman–Crippen MR) is 82.8 cm³/mol. The van der Waals surface area contributed by atoms with Gasteiger partial charge < -0.3 is 15.4 Å². The minimum atomic E-state index is -0.124. The van der Waals surface area contributed by atoms with Gasteiger partial charge in [-0.1, -0.05) is 12.1 Å². The van der Waals surface area contributed by atoms with Crippen LogP contribution in [-0.2, 0) is 6.42 Å². The van der Waals surface area contributed by atoms with Crippen LogP contribution in [0, 0.1) is 0 Å². The molecule has 0 fully saturated rings. The Morgan fingerprint density at radius 3 is 2.67 bits per heavy atom. The second-order valence-electron chi connectivity index (χ2n) is 4.50. The number of hydrogen-bond donors (Lipinski definition) is 2. The van der Waals surface area contributed by atoms with Crippen LogP contribution in [0.4, 0.5) is 5.82 Å². The van der Waals surface area contributed by atoms with Gasteiger partial charge in [-0.25, -0.2) is 4.98 Å². The van der Waals surface area contributed by atoms with Gasteiger partial charge in [0.05, 0.1) is 12.7 Å². The van der Waals surface area contributed by atoms with Gasteiger partial charge in [0.2, 0.25) is 0 Å². The van der Waals surface area contributed by atoms with Gasteiger partial charge in [-0.3, -0.25) is 4.79 Å². The minimum Gasteiger partial charge on any atom is -0.497 e. The molecular weight excluding hydrogens is 266 g/mol. The van der Waals surface area contributed by atoms with Crippen molar-refractivity contribution >= 4 is 11.7 Å². The monoisotopic (exact) mass is 285 g/mol. The van der Waals surface area contributed by atoms with Crippen LogP contribution in [0.15, 0.2) is 42.6 Å². The van der Waals surface area contributed by atoms with Gasteiger partial charge in [-0.15, -0.1) is 0 Å². The summed E-state index contributed by atoms with van der Waals surface area (Å²) in [5.74, 6) is 1.29. The van der Waals surface area contributed by atoms with E-state index in [1.54, 1.807) is 32.5 Å². The molecule has 0 aliphatic heterocycles. The summed E-state index contributed by atoms with van der Waals surface area (Å²) in [5.41, 5.74) is 1.70. The Morgan fingerprint density at radius 2 is 2.00 bits per heavy atom. The maximum Gasteiger partial charge on any atom is 0.255 e. The number of ether oxygens (including phenoxy) is 1. The van der Waals surface area contributed by atoms with E-state index in [2.05, 4.69) is 15.6 Å². The van der Waals surface area contributed by atoms with Crippen molar-refractivity contribution in [1.82, 2.24) is 10.3 Å². The largest absolute Gasteiger partial charge is 0.497 e. The van der Waals surface area contributed by atoms with Crippen LogP contribution in [0.5, 0.6) is 5.75 Å². The fourth-order valence-electron chi connectivity index (χ4n) is 2.00. The average molecular weight is 285 g/mol. The Kier molecular flexibility index (Phi) is 5.15. The highest BCUT2D eigenvalue weighted by molar-refractivity contribution is 5.98. The molecule has 1 amide bonds. The number of carbonyl (C=O) groups is 1. The minimum absolute atomic E-state index is 0.124. The molecule has 5 heteroatoms. The lowest BCUT2D eigenvalue weighted by molar-refractivity contribution is 0.0954. The maximum atomic E-state index is 12.1. The molecule has 2 rings (SSSR count). The van der Waals surface area contributed by atoms with Crippen LogP contribution in [0.3, 0.4) is 0 Å². The number of carbonyl (C=O) groups excluding carboxylic acids is 1. The zero-order valence-electron chi connectivity index (χ0n) is 12.2. The molecule has 0 aliphatic rings. The molecule has 1 heterocycles. The van der Waals surface area contributed by atoms with Gasteiger partial charge in [-0.05, 0) is 36.2 Å². The summed E-state index contributed by atoms with van der Waals surface area (Å²) in [7, 11) is 3.39. The number of benzene rings is 1. The van der Waals surface area contributed by atoms with Crippen molar-refractivity contribution in [1.29, 1.82) is 0 Å². The van der Waals surface area contributed by atoms with E-state index in [1.165, 1.54) is 0 Å². The topological polar surface area (TPSA) is 63.2 Å². The second-order valence-corrected chi connectivity index (χ2v) is 4.50.